The molecule has 2 rings (SSSR count). The lowest BCUT2D eigenvalue weighted by Gasteiger charge is -2.29. The highest BCUT2D eigenvalue weighted by atomic mass is 16.5. The third-order valence-electron chi connectivity index (χ3n) is 5.25. The molecule has 6 nitrogen and oxygen atoms in total. The zero-order chi connectivity index (χ0) is 24.3. The minimum Gasteiger partial charge on any atom is -0.489 e. The zero-order valence-corrected chi connectivity index (χ0v) is 20.4. The number of allylic oxidation sites excluding steroid dienone is 1. The van der Waals surface area contributed by atoms with E-state index in [2.05, 4.69) is 11.9 Å². The van der Waals surface area contributed by atoms with E-state index in [1.165, 1.54) is 0 Å². The maximum absolute atomic E-state index is 11.9. The van der Waals surface area contributed by atoms with Crippen LogP contribution in [0.4, 0.5) is 0 Å². The second-order valence-corrected chi connectivity index (χ2v) is 8.61. The molecule has 0 saturated carbocycles. The van der Waals surface area contributed by atoms with Crippen LogP contribution in [0.15, 0.2) is 55.1 Å². The van der Waals surface area contributed by atoms with Crippen molar-refractivity contribution in [1.29, 1.82) is 0 Å². The summed E-state index contributed by atoms with van der Waals surface area (Å²) in [5.74, 6) is 2.12. The highest BCUT2D eigenvalue weighted by molar-refractivity contribution is 5.95. The summed E-state index contributed by atoms with van der Waals surface area (Å²) in [6, 6.07) is 13.0. The van der Waals surface area contributed by atoms with E-state index < -0.39 is 0 Å². The van der Waals surface area contributed by atoms with Crippen LogP contribution in [0.5, 0.6) is 17.2 Å². The van der Waals surface area contributed by atoms with Crippen LogP contribution in [0, 0.1) is 0 Å². The third-order valence-corrected chi connectivity index (χ3v) is 5.25. The van der Waals surface area contributed by atoms with Gasteiger partial charge in [-0.1, -0.05) is 25.1 Å². The molecule has 0 aromatic heterocycles. The molecular formula is C27H37N2O4+. The first-order valence-electron chi connectivity index (χ1n) is 11.5. The number of ketones is 1. The van der Waals surface area contributed by atoms with Gasteiger partial charge >= 0.3 is 0 Å². The number of nitrogens with zero attached hydrogens (tertiary/aromatic N) is 1. The second-order valence-electron chi connectivity index (χ2n) is 8.61. The number of rotatable bonds is 14. The van der Waals surface area contributed by atoms with Crippen LogP contribution >= 0.6 is 0 Å². The molecule has 2 aromatic carbocycles. The van der Waals surface area contributed by atoms with Crippen LogP contribution in [0.25, 0.3) is 0 Å². The van der Waals surface area contributed by atoms with E-state index in [1.54, 1.807) is 24.3 Å². The number of ether oxygens (including phenoxy) is 2. The van der Waals surface area contributed by atoms with Gasteiger partial charge in [0.15, 0.2) is 23.8 Å². The number of carbonyl (C=O) groups excluding carboxylic acids is 2. The van der Waals surface area contributed by atoms with Gasteiger partial charge in [0.1, 0.15) is 5.75 Å². The zero-order valence-electron chi connectivity index (χ0n) is 20.4. The Bertz CT molecular complexity index is 936. The molecule has 0 radical (unpaired) electrons. The second kappa shape index (κ2) is 12.8. The lowest BCUT2D eigenvalue weighted by Crippen LogP contribution is -2.48. The van der Waals surface area contributed by atoms with Crippen molar-refractivity contribution in [1.82, 2.24) is 5.32 Å². The molecule has 178 valence electrons. The van der Waals surface area contributed by atoms with E-state index in [4.69, 9.17) is 9.47 Å². The maximum atomic E-state index is 11.9. The average molecular weight is 454 g/mol. The van der Waals surface area contributed by atoms with Gasteiger partial charge < -0.3 is 19.3 Å². The first-order valence-corrected chi connectivity index (χ1v) is 11.5. The van der Waals surface area contributed by atoms with Gasteiger partial charge in [0.25, 0.3) is 5.91 Å². The van der Waals surface area contributed by atoms with Crippen LogP contribution in [-0.2, 0) is 11.2 Å². The molecule has 0 spiro atoms. The number of amides is 1. The highest BCUT2D eigenvalue weighted by Gasteiger charge is 2.20. The normalized spacial score (nSPS) is 11.0. The minimum absolute atomic E-state index is 0.0575. The number of nitrogens with one attached hydrogen (secondary N) is 1. The van der Waals surface area contributed by atoms with Gasteiger partial charge in [0.2, 0.25) is 0 Å². The molecule has 0 heterocycles. The Kier molecular flexibility index (Phi) is 10.1. The first kappa shape index (κ1) is 26.1. The molecule has 6 heteroatoms. The average Bonchev–Trinajstić information content (AvgIpc) is 2.78. The number of para-hydroxylation sites is 1. The lowest BCUT2D eigenvalue weighted by molar-refractivity contribution is -0.882. The molecule has 0 aliphatic rings. The summed E-state index contributed by atoms with van der Waals surface area (Å²) in [4.78, 5) is 23.8. The van der Waals surface area contributed by atoms with Crippen molar-refractivity contribution in [2.24, 2.45) is 0 Å². The van der Waals surface area contributed by atoms with Crippen molar-refractivity contribution in [2.75, 3.05) is 40.3 Å². The Hall–Kier alpha value is -3.12. The van der Waals surface area contributed by atoms with Crippen LogP contribution in [0.1, 0.15) is 42.6 Å². The minimum atomic E-state index is 0.0575. The molecule has 0 atom stereocenters. The summed E-state index contributed by atoms with van der Waals surface area (Å²) in [6.07, 6.45) is 3.77. The van der Waals surface area contributed by atoms with Gasteiger partial charge in [-0.05, 0) is 43.7 Å². The van der Waals surface area contributed by atoms with Crippen molar-refractivity contribution in [3.8, 4) is 17.2 Å². The van der Waals surface area contributed by atoms with E-state index in [9.17, 15) is 9.59 Å². The van der Waals surface area contributed by atoms with Gasteiger partial charge in [-0.15, -0.1) is 6.58 Å². The molecule has 2 aromatic rings. The molecule has 33 heavy (non-hydrogen) atoms. The first-order chi connectivity index (χ1) is 15.8. The summed E-state index contributed by atoms with van der Waals surface area (Å²) in [5.41, 5.74) is 1.67. The third kappa shape index (κ3) is 8.39. The monoisotopic (exact) mass is 453 g/mol. The number of likely N-dealkylation sites (N-methyl/N-ethyl adjacent to an activating group) is 2. The predicted molar refractivity (Wildman–Crippen MR) is 132 cm³/mol. The molecule has 1 N–H and O–H groups in total. The smallest absolute Gasteiger partial charge is 0.275 e. The van der Waals surface area contributed by atoms with E-state index >= 15 is 0 Å². The fourth-order valence-corrected chi connectivity index (χ4v) is 3.55. The summed E-state index contributed by atoms with van der Waals surface area (Å²) in [7, 11) is 4.09. The van der Waals surface area contributed by atoms with E-state index in [1.807, 2.05) is 52.2 Å². The molecule has 0 fully saturated rings. The van der Waals surface area contributed by atoms with E-state index in [0.29, 0.717) is 59.8 Å². The maximum Gasteiger partial charge on any atom is 0.275 e. The number of benzene rings is 2. The molecule has 0 bridgehead atoms. The van der Waals surface area contributed by atoms with Crippen LogP contribution in [0.2, 0.25) is 0 Å². The summed E-state index contributed by atoms with van der Waals surface area (Å²) < 4.78 is 12.9. The Labute approximate surface area is 197 Å². The fourth-order valence-electron chi connectivity index (χ4n) is 3.55. The van der Waals surface area contributed by atoms with Crippen molar-refractivity contribution >= 4 is 11.7 Å². The Morgan fingerprint density at radius 3 is 2.45 bits per heavy atom. The van der Waals surface area contributed by atoms with Crippen LogP contribution < -0.4 is 14.8 Å². The number of hydrogen-bond acceptors (Lipinski definition) is 4. The SMILES string of the molecule is C=CCc1cccc(Oc2ccc(C(=O)CC)cc2)c1OCCC[N+](C)(C)CC(=O)NCC. The van der Waals surface area contributed by atoms with Crippen molar-refractivity contribution in [3.63, 3.8) is 0 Å². The molecule has 1 amide bonds. The van der Waals surface area contributed by atoms with Crippen LogP contribution in [0.3, 0.4) is 0 Å². The summed E-state index contributed by atoms with van der Waals surface area (Å²) in [6.45, 7) is 10.0. The molecule has 0 saturated heterocycles. The summed E-state index contributed by atoms with van der Waals surface area (Å²) in [5, 5.41) is 2.85. The standard InChI is InChI=1S/C27H36N2O4/c1-6-11-22-12-9-13-25(33-23-16-14-21(15-17-23)24(30)7-2)27(22)32-19-10-18-29(4,5)20-26(31)28-8-3/h6,9,12-17H,1,7-8,10-11,18-20H2,2-5H3/p+1. The topological polar surface area (TPSA) is 64.6 Å². The highest BCUT2D eigenvalue weighted by Crippen LogP contribution is 2.35. The van der Waals surface area contributed by atoms with Gasteiger partial charge in [0, 0.05) is 30.5 Å². The number of hydrogen-bond donors (Lipinski definition) is 1. The largest absolute Gasteiger partial charge is 0.489 e. The predicted octanol–water partition coefficient (Wildman–Crippen LogP) is 4.78. The summed E-state index contributed by atoms with van der Waals surface area (Å²) >= 11 is 0. The molecule has 0 unspecified atom stereocenters. The van der Waals surface area contributed by atoms with Gasteiger partial charge in [-0.3, -0.25) is 9.59 Å². The number of Topliss-reactive ketones (excluding diaryl/α,β-unsaturated/α-hetero) is 1. The number of quaternary nitrogens is 1. The Morgan fingerprint density at radius 2 is 1.82 bits per heavy atom. The molecule has 0 aliphatic heterocycles. The van der Waals surface area contributed by atoms with E-state index in [0.717, 1.165) is 18.5 Å². The van der Waals surface area contributed by atoms with Crippen molar-refractivity contribution in [3.05, 3.63) is 66.2 Å². The van der Waals surface area contributed by atoms with Crippen molar-refractivity contribution < 1.29 is 23.5 Å². The van der Waals surface area contributed by atoms with Crippen molar-refractivity contribution in [2.45, 2.75) is 33.1 Å². The number of carbonyl (C=O) groups is 2. The Balaban J connectivity index is 2.07. The van der Waals surface area contributed by atoms with E-state index in [-0.39, 0.29) is 11.7 Å². The molecule has 0 aliphatic carbocycles. The van der Waals surface area contributed by atoms with Gasteiger partial charge in [0.05, 0.1) is 27.2 Å². The Morgan fingerprint density at radius 1 is 1.09 bits per heavy atom. The van der Waals surface area contributed by atoms with Gasteiger partial charge in [-0.25, -0.2) is 0 Å². The lowest BCUT2D eigenvalue weighted by atomic mass is 10.1. The van der Waals surface area contributed by atoms with Gasteiger partial charge in [-0.2, -0.15) is 0 Å². The fraction of sp³-hybridized carbons (Fsp3) is 0.407. The molecular weight excluding hydrogens is 416 g/mol. The quantitative estimate of drug-likeness (QED) is 0.193. The van der Waals surface area contributed by atoms with Crippen LogP contribution in [-0.4, -0.2) is 56.5 Å².